The van der Waals surface area contributed by atoms with E-state index in [1.54, 1.807) is 17.5 Å². The Kier molecular flexibility index (Phi) is 4.55. The van der Waals surface area contributed by atoms with Crippen molar-refractivity contribution in [3.05, 3.63) is 64.8 Å². The summed E-state index contributed by atoms with van der Waals surface area (Å²) in [4.78, 5) is 5.45. The molecule has 0 aliphatic heterocycles. The van der Waals surface area contributed by atoms with Crippen molar-refractivity contribution in [2.45, 2.75) is 24.3 Å². The molecule has 0 N–H and O–H groups in total. The first-order chi connectivity index (χ1) is 10.7. The third-order valence-corrected chi connectivity index (χ3v) is 6.62. The molecule has 2 aromatic heterocycles. The van der Waals surface area contributed by atoms with Crippen molar-refractivity contribution in [3.8, 4) is 11.3 Å². The molecule has 3 aromatic rings. The molecule has 0 saturated carbocycles. The Labute approximate surface area is 136 Å². The molecule has 1 aromatic carbocycles. The number of thiophene rings is 1. The average molecular weight is 331 g/mol. The quantitative estimate of drug-likeness (QED) is 0.662. The summed E-state index contributed by atoms with van der Waals surface area (Å²) in [5, 5.41) is 1.74. The van der Waals surface area contributed by atoms with Crippen LogP contribution in [0.4, 0.5) is 0 Å². The number of aromatic nitrogens is 1. The Hall–Kier alpha value is -1.72. The molecule has 0 spiro atoms. The Morgan fingerprint density at radius 1 is 1.09 bits per heavy atom. The van der Waals surface area contributed by atoms with Crippen LogP contribution >= 0.6 is 11.3 Å². The first-order valence-corrected chi connectivity index (χ1v) is 9.26. The van der Waals surface area contributed by atoms with Crippen molar-refractivity contribution in [2.24, 2.45) is 0 Å². The van der Waals surface area contributed by atoms with Gasteiger partial charge in [-0.25, -0.2) is 4.98 Å². The van der Waals surface area contributed by atoms with Crippen LogP contribution in [0.1, 0.15) is 35.1 Å². The van der Waals surface area contributed by atoms with Gasteiger partial charge >= 0.3 is 0 Å². The largest absolute Gasteiger partial charge is 0.439 e. The van der Waals surface area contributed by atoms with E-state index in [2.05, 4.69) is 4.98 Å². The summed E-state index contributed by atoms with van der Waals surface area (Å²) < 4.78 is 18.5. The fraction of sp³-hybridized carbons (Fsp3) is 0.235. The van der Waals surface area contributed by atoms with Crippen molar-refractivity contribution in [1.29, 1.82) is 0 Å². The fourth-order valence-corrected chi connectivity index (χ4v) is 4.60. The predicted molar refractivity (Wildman–Crippen MR) is 91.2 cm³/mol. The van der Waals surface area contributed by atoms with Gasteiger partial charge in [0.1, 0.15) is 5.25 Å². The van der Waals surface area contributed by atoms with E-state index in [-0.39, 0.29) is 10.5 Å². The molecule has 3 nitrogen and oxygen atoms in total. The molecular weight excluding hydrogens is 314 g/mol. The normalized spacial score (nSPS) is 15.4. The minimum atomic E-state index is -1.08. The van der Waals surface area contributed by atoms with Crippen LogP contribution in [0.25, 0.3) is 11.3 Å². The molecule has 0 bridgehead atoms. The first-order valence-electron chi connectivity index (χ1n) is 7.10. The van der Waals surface area contributed by atoms with Crippen LogP contribution in [0.2, 0.25) is 0 Å². The first kappa shape index (κ1) is 15.2. The maximum Gasteiger partial charge on any atom is 0.210 e. The van der Waals surface area contributed by atoms with E-state index in [4.69, 9.17) is 4.42 Å². The Morgan fingerprint density at radius 2 is 1.86 bits per heavy atom. The van der Waals surface area contributed by atoms with Crippen LogP contribution in [0.15, 0.2) is 58.5 Å². The fourth-order valence-electron chi connectivity index (χ4n) is 2.25. The Balaban J connectivity index is 1.79. The van der Waals surface area contributed by atoms with Gasteiger partial charge in [-0.2, -0.15) is 0 Å². The lowest BCUT2D eigenvalue weighted by atomic mass is 10.2. The number of oxazole rings is 1. The van der Waals surface area contributed by atoms with Crippen LogP contribution in [0.5, 0.6) is 0 Å². The van der Waals surface area contributed by atoms with Crippen LogP contribution < -0.4 is 0 Å². The third-order valence-electron chi connectivity index (χ3n) is 3.57. The molecule has 0 radical (unpaired) electrons. The van der Waals surface area contributed by atoms with E-state index >= 15 is 0 Å². The number of hydrogen-bond acceptors (Lipinski definition) is 4. The van der Waals surface area contributed by atoms with Gasteiger partial charge in [0.2, 0.25) is 5.89 Å². The summed E-state index contributed by atoms with van der Waals surface area (Å²) in [7, 11) is -1.08. The summed E-state index contributed by atoms with van der Waals surface area (Å²) >= 11 is 1.63. The molecule has 3 atom stereocenters. The summed E-state index contributed by atoms with van der Waals surface area (Å²) in [5.74, 6) is 1.24. The SMILES string of the molecule is C[C@H](c1ncc(-c2ccccc2)o1)[S@](=O)[C@@H](C)c1cccs1. The van der Waals surface area contributed by atoms with Gasteiger partial charge in [0.05, 0.1) is 11.4 Å². The summed E-state index contributed by atoms with van der Waals surface area (Å²) in [6.07, 6.45) is 1.70. The van der Waals surface area contributed by atoms with E-state index in [0.29, 0.717) is 11.7 Å². The van der Waals surface area contributed by atoms with E-state index in [0.717, 1.165) is 10.4 Å². The zero-order valence-corrected chi connectivity index (χ0v) is 14.1. The molecule has 5 heteroatoms. The third kappa shape index (κ3) is 3.05. The number of rotatable bonds is 5. The highest BCUT2D eigenvalue weighted by Crippen LogP contribution is 2.33. The predicted octanol–water partition coefficient (Wildman–Crippen LogP) is 4.97. The monoisotopic (exact) mass is 331 g/mol. The van der Waals surface area contributed by atoms with Gasteiger partial charge in [0.15, 0.2) is 5.76 Å². The molecule has 2 heterocycles. The minimum Gasteiger partial charge on any atom is -0.439 e. The molecule has 0 aliphatic carbocycles. The maximum absolute atomic E-state index is 12.7. The van der Waals surface area contributed by atoms with Gasteiger partial charge in [0.25, 0.3) is 0 Å². The smallest absolute Gasteiger partial charge is 0.210 e. The molecule has 0 fully saturated rings. The zero-order valence-electron chi connectivity index (χ0n) is 12.4. The van der Waals surface area contributed by atoms with Crippen molar-refractivity contribution in [2.75, 3.05) is 0 Å². The maximum atomic E-state index is 12.7. The molecule has 114 valence electrons. The lowest BCUT2D eigenvalue weighted by Crippen LogP contribution is -2.09. The molecule has 3 rings (SSSR count). The molecule has 0 unspecified atom stereocenters. The topological polar surface area (TPSA) is 43.1 Å². The second-order valence-corrected chi connectivity index (χ2v) is 8.11. The van der Waals surface area contributed by atoms with Crippen molar-refractivity contribution in [3.63, 3.8) is 0 Å². The summed E-state index contributed by atoms with van der Waals surface area (Å²) in [5.41, 5.74) is 0.977. The van der Waals surface area contributed by atoms with Crippen LogP contribution in [-0.2, 0) is 10.8 Å². The van der Waals surface area contributed by atoms with Gasteiger partial charge in [0, 0.05) is 21.2 Å². The van der Waals surface area contributed by atoms with E-state index in [1.807, 2.05) is 61.7 Å². The lowest BCUT2D eigenvalue weighted by Gasteiger charge is -2.13. The van der Waals surface area contributed by atoms with Gasteiger partial charge in [-0.3, -0.25) is 4.21 Å². The summed E-state index contributed by atoms with van der Waals surface area (Å²) in [6, 6.07) is 13.8. The van der Waals surface area contributed by atoms with Crippen LogP contribution in [0, 0.1) is 0 Å². The van der Waals surface area contributed by atoms with Crippen molar-refractivity contribution >= 4 is 22.1 Å². The highest BCUT2D eigenvalue weighted by atomic mass is 32.2. The van der Waals surface area contributed by atoms with E-state index in [1.165, 1.54) is 0 Å². The van der Waals surface area contributed by atoms with Crippen LogP contribution in [-0.4, -0.2) is 9.19 Å². The molecule has 0 amide bonds. The minimum absolute atomic E-state index is 0.0259. The molecule has 22 heavy (non-hydrogen) atoms. The highest BCUT2D eigenvalue weighted by Gasteiger charge is 2.25. The summed E-state index contributed by atoms with van der Waals surface area (Å²) in [6.45, 7) is 3.89. The zero-order chi connectivity index (χ0) is 15.5. The number of benzene rings is 1. The molecular formula is C17H17NO2S2. The molecule has 0 aliphatic rings. The Bertz CT molecular complexity index is 750. The Morgan fingerprint density at radius 3 is 2.55 bits per heavy atom. The second kappa shape index (κ2) is 6.58. The van der Waals surface area contributed by atoms with Gasteiger partial charge in [-0.05, 0) is 25.3 Å². The van der Waals surface area contributed by atoms with E-state index in [9.17, 15) is 4.21 Å². The van der Waals surface area contributed by atoms with Crippen molar-refractivity contribution in [1.82, 2.24) is 4.98 Å². The molecule has 0 saturated heterocycles. The number of hydrogen-bond donors (Lipinski definition) is 0. The highest BCUT2D eigenvalue weighted by molar-refractivity contribution is 7.85. The van der Waals surface area contributed by atoms with Gasteiger partial charge < -0.3 is 4.42 Å². The van der Waals surface area contributed by atoms with Crippen molar-refractivity contribution < 1.29 is 8.63 Å². The standard InChI is InChI=1S/C17H17NO2S2/c1-12(16-9-6-10-21-16)22(19)13(2)17-18-11-15(20-17)14-7-4-3-5-8-14/h3-13H,1-2H3/t12-,13+,22+/m0/s1. The van der Waals surface area contributed by atoms with Gasteiger partial charge in [-0.1, -0.05) is 36.4 Å². The van der Waals surface area contributed by atoms with Crippen LogP contribution in [0.3, 0.4) is 0 Å². The number of nitrogens with zero attached hydrogens (tertiary/aromatic N) is 1. The lowest BCUT2D eigenvalue weighted by molar-refractivity contribution is 0.504. The van der Waals surface area contributed by atoms with Gasteiger partial charge in [-0.15, -0.1) is 11.3 Å². The van der Waals surface area contributed by atoms with E-state index < -0.39 is 10.8 Å². The second-order valence-electron chi connectivity index (χ2n) is 5.06. The average Bonchev–Trinajstić information content (AvgIpc) is 3.25.